The molecule has 0 atom stereocenters. The van der Waals surface area contributed by atoms with Crippen molar-refractivity contribution in [2.75, 3.05) is 0 Å². The van der Waals surface area contributed by atoms with Crippen LogP contribution in [-0.4, -0.2) is 5.94 Å². The van der Waals surface area contributed by atoms with E-state index in [1.807, 2.05) is 0 Å². The van der Waals surface area contributed by atoms with E-state index < -0.39 is 0 Å². The Hall–Kier alpha value is -3.75. The van der Waals surface area contributed by atoms with Crippen LogP contribution in [-0.2, 0) is 4.79 Å². The predicted molar refractivity (Wildman–Crippen MR) is 148 cm³/mol. The first kappa shape index (κ1) is 19.7. The molecule has 0 amide bonds. The molecule has 0 saturated heterocycles. The van der Waals surface area contributed by atoms with Gasteiger partial charge in [-0.25, -0.2) is 4.79 Å². The molecular formula is C31H18OS2. The standard InChI is InChI=1S/C31H18OS2/c32-18-22-9-3-8-21-16-26-27(17-23(21)22)31(29-11-5-13-34-29)25-15-20-7-2-1-6-19(20)14-24(25)30(26)28-10-4-12-33-28/h1-8,10-17H,9H2. The van der Waals surface area contributed by atoms with Crippen molar-refractivity contribution in [3.05, 3.63) is 101 Å². The smallest absolute Gasteiger partial charge is 0.128 e. The molecule has 1 aliphatic rings. The SMILES string of the molecule is O=C=C1CC=Cc2cc3c(-c4cccs4)c4cc5ccccc5cc4c(-c4cccs4)c3cc21. The number of carbonyl (C=O) groups excluding carboxylic acids is 1. The van der Waals surface area contributed by atoms with Gasteiger partial charge >= 0.3 is 0 Å². The molecule has 0 N–H and O–H groups in total. The average molecular weight is 471 g/mol. The van der Waals surface area contributed by atoms with Crippen molar-refractivity contribution in [2.45, 2.75) is 6.42 Å². The van der Waals surface area contributed by atoms with Crippen molar-refractivity contribution in [2.24, 2.45) is 0 Å². The van der Waals surface area contributed by atoms with Gasteiger partial charge < -0.3 is 0 Å². The Kier molecular flexibility index (Phi) is 4.43. The highest BCUT2D eigenvalue weighted by atomic mass is 32.1. The highest BCUT2D eigenvalue weighted by Crippen LogP contribution is 2.48. The quantitative estimate of drug-likeness (QED) is 0.182. The van der Waals surface area contributed by atoms with Gasteiger partial charge in [0.05, 0.1) is 0 Å². The number of fused-ring (bicyclic) bond motifs is 4. The lowest BCUT2D eigenvalue weighted by Crippen LogP contribution is -1.97. The van der Waals surface area contributed by atoms with Crippen LogP contribution in [0.25, 0.3) is 64.8 Å². The first-order valence-corrected chi connectivity index (χ1v) is 13.0. The first-order valence-electron chi connectivity index (χ1n) is 11.3. The lowest BCUT2D eigenvalue weighted by Gasteiger charge is -2.20. The molecule has 0 radical (unpaired) electrons. The summed E-state index contributed by atoms with van der Waals surface area (Å²) in [5.74, 6) is 2.20. The van der Waals surface area contributed by atoms with E-state index >= 15 is 0 Å². The van der Waals surface area contributed by atoms with E-state index in [0.717, 1.165) is 16.7 Å². The van der Waals surface area contributed by atoms with Crippen LogP contribution in [0.3, 0.4) is 0 Å². The number of thiophene rings is 2. The zero-order chi connectivity index (χ0) is 22.6. The van der Waals surface area contributed by atoms with Crippen LogP contribution >= 0.6 is 22.7 Å². The van der Waals surface area contributed by atoms with Crippen LogP contribution < -0.4 is 0 Å². The van der Waals surface area contributed by atoms with Crippen molar-refractivity contribution in [1.29, 1.82) is 0 Å². The Labute approximate surface area is 204 Å². The van der Waals surface area contributed by atoms with Crippen LogP contribution in [0.4, 0.5) is 0 Å². The number of rotatable bonds is 2. The molecule has 2 aromatic heterocycles. The summed E-state index contributed by atoms with van der Waals surface area (Å²) in [5, 5.41) is 11.7. The first-order chi connectivity index (χ1) is 16.8. The molecule has 1 aliphatic carbocycles. The van der Waals surface area contributed by atoms with Crippen molar-refractivity contribution in [3.8, 4) is 20.9 Å². The molecule has 0 bridgehead atoms. The summed E-state index contributed by atoms with van der Waals surface area (Å²) in [7, 11) is 0. The summed E-state index contributed by atoms with van der Waals surface area (Å²) in [6.07, 6.45) is 4.84. The normalized spacial score (nSPS) is 13.0. The minimum atomic E-state index is 0.631. The maximum atomic E-state index is 11.8. The molecule has 2 heterocycles. The lowest BCUT2D eigenvalue weighted by molar-refractivity contribution is 0.569. The fourth-order valence-corrected chi connectivity index (χ4v) is 6.85. The summed E-state index contributed by atoms with van der Waals surface area (Å²) >= 11 is 3.54. The fourth-order valence-electron chi connectivity index (χ4n) is 5.26. The monoisotopic (exact) mass is 470 g/mol. The van der Waals surface area contributed by atoms with Crippen LogP contribution in [0.2, 0.25) is 0 Å². The number of hydrogen-bond donors (Lipinski definition) is 0. The van der Waals surface area contributed by atoms with Gasteiger partial charge in [0.15, 0.2) is 0 Å². The van der Waals surface area contributed by atoms with Crippen molar-refractivity contribution >= 4 is 72.6 Å². The minimum Gasteiger partial charge on any atom is -0.233 e. The molecule has 1 nitrogen and oxygen atoms in total. The molecule has 0 spiro atoms. The summed E-state index contributed by atoms with van der Waals surface area (Å²) in [5.41, 5.74) is 5.33. The molecule has 6 aromatic rings. The van der Waals surface area contributed by atoms with E-state index in [-0.39, 0.29) is 0 Å². The van der Waals surface area contributed by atoms with Gasteiger partial charge in [0.25, 0.3) is 0 Å². The highest BCUT2D eigenvalue weighted by molar-refractivity contribution is 7.14. The molecule has 7 rings (SSSR count). The van der Waals surface area contributed by atoms with E-state index in [2.05, 4.69) is 102 Å². The Bertz CT molecular complexity index is 1810. The van der Waals surface area contributed by atoms with Crippen molar-refractivity contribution < 1.29 is 4.79 Å². The molecule has 0 saturated carbocycles. The van der Waals surface area contributed by atoms with Crippen molar-refractivity contribution in [3.63, 3.8) is 0 Å². The second-order valence-corrected chi connectivity index (χ2v) is 10.5. The molecule has 34 heavy (non-hydrogen) atoms. The van der Waals surface area contributed by atoms with Gasteiger partial charge in [0.2, 0.25) is 0 Å². The molecular weight excluding hydrogens is 452 g/mol. The van der Waals surface area contributed by atoms with Crippen LogP contribution in [0.1, 0.15) is 17.5 Å². The van der Waals surface area contributed by atoms with Gasteiger partial charge in [0.1, 0.15) is 5.94 Å². The lowest BCUT2D eigenvalue weighted by atomic mass is 9.84. The molecule has 3 heteroatoms. The zero-order valence-electron chi connectivity index (χ0n) is 18.2. The van der Waals surface area contributed by atoms with E-state index in [1.165, 1.54) is 53.2 Å². The number of allylic oxidation sites excluding steroid dienone is 2. The average Bonchev–Trinajstić information content (AvgIpc) is 3.59. The predicted octanol–water partition coefficient (Wildman–Crippen LogP) is 9.24. The molecule has 0 aliphatic heterocycles. The molecule has 160 valence electrons. The maximum Gasteiger partial charge on any atom is 0.128 e. The Balaban J connectivity index is 1.77. The summed E-state index contributed by atoms with van der Waals surface area (Å²) in [6, 6.07) is 26.4. The third-order valence-corrected chi connectivity index (χ3v) is 8.53. The van der Waals surface area contributed by atoms with Crippen LogP contribution in [0.5, 0.6) is 0 Å². The molecule has 0 fully saturated rings. The highest BCUT2D eigenvalue weighted by Gasteiger charge is 2.21. The van der Waals surface area contributed by atoms with Gasteiger partial charge in [-0.2, -0.15) is 0 Å². The number of hydrogen-bond acceptors (Lipinski definition) is 3. The third kappa shape index (κ3) is 2.89. The molecule has 4 aromatic carbocycles. The second-order valence-electron chi connectivity index (χ2n) is 8.62. The third-order valence-electron chi connectivity index (χ3n) is 6.76. The van der Waals surface area contributed by atoms with E-state index in [4.69, 9.17) is 0 Å². The summed E-state index contributed by atoms with van der Waals surface area (Å²) in [6.45, 7) is 0. The van der Waals surface area contributed by atoms with E-state index in [1.54, 1.807) is 22.7 Å². The van der Waals surface area contributed by atoms with E-state index in [9.17, 15) is 4.79 Å². The van der Waals surface area contributed by atoms with Gasteiger partial charge in [-0.3, -0.25) is 0 Å². The van der Waals surface area contributed by atoms with Gasteiger partial charge in [-0.05, 0) is 90.6 Å². The maximum absolute atomic E-state index is 11.8. The minimum absolute atomic E-state index is 0.631. The van der Waals surface area contributed by atoms with Crippen molar-refractivity contribution in [1.82, 2.24) is 0 Å². The Morgan fingerprint density at radius 1 is 0.676 bits per heavy atom. The zero-order valence-corrected chi connectivity index (χ0v) is 19.8. The second kappa shape index (κ2) is 7.65. The van der Waals surface area contributed by atoms with Gasteiger partial charge in [-0.1, -0.05) is 48.6 Å². The molecule has 0 unspecified atom stereocenters. The number of benzene rings is 4. The topological polar surface area (TPSA) is 17.1 Å². The Morgan fingerprint density at radius 2 is 1.26 bits per heavy atom. The van der Waals surface area contributed by atoms with Gasteiger partial charge in [-0.15, -0.1) is 22.7 Å². The van der Waals surface area contributed by atoms with E-state index in [0.29, 0.717) is 6.42 Å². The Morgan fingerprint density at radius 3 is 1.82 bits per heavy atom. The van der Waals surface area contributed by atoms with Gasteiger partial charge in [0, 0.05) is 32.9 Å². The summed E-state index contributed by atoms with van der Waals surface area (Å²) < 4.78 is 0. The summed E-state index contributed by atoms with van der Waals surface area (Å²) in [4.78, 5) is 14.3. The van der Waals surface area contributed by atoms with Crippen LogP contribution in [0.15, 0.2) is 89.6 Å². The largest absolute Gasteiger partial charge is 0.233 e. The fraction of sp³-hybridized carbons (Fsp3) is 0.0323. The van der Waals surface area contributed by atoms with Crippen LogP contribution in [0, 0.1) is 0 Å².